The van der Waals surface area contributed by atoms with Gasteiger partial charge in [-0.25, -0.2) is 0 Å². The lowest BCUT2D eigenvalue weighted by Crippen LogP contribution is -2.38. The third-order valence-corrected chi connectivity index (χ3v) is 4.49. The van der Waals surface area contributed by atoms with Crippen molar-refractivity contribution < 1.29 is 8.42 Å². The Hall–Kier alpha value is -1.08. The quantitative estimate of drug-likeness (QED) is 0.780. The van der Waals surface area contributed by atoms with Crippen LogP contribution < -0.4 is 10.6 Å². The minimum atomic E-state index is -3.51. The van der Waals surface area contributed by atoms with E-state index in [4.69, 9.17) is 0 Å². The number of nitrogens with zero attached hydrogens (tertiary/aromatic N) is 1. The smallest absolute Gasteiger partial charge is 0.297 e. The molecule has 0 aromatic carbocycles. The van der Waals surface area contributed by atoms with Crippen LogP contribution in [0.3, 0.4) is 0 Å². The van der Waals surface area contributed by atoms with E-state index in [0.717, 1.165) is 0 Å². The van der Waals surface area contributed by atoms with Crippen LogP contribution in [0.25, 0.3) is 0 Å². The van der Waals surface area contributed by atoms with Crippen LogP contribution in [-0.4, -0.2) is 20.4 Å². The zero-order valence-corrected chi connectivity index (χ0v) is 9.95. The van der Waals surface area contributed by atoms with Gasteiger partial charge in [0, 0.05) is 6.04 Å². The predicted octanol–water partition coefficient (Wildman–Crippen LogP) is 1.22. The van der Waals surface area contributed by atoms with Gasteiger partial charge < -0.3 is 10.6 Å². The Morgan fingerprint density at radius 3 is 2.93 bits per heavy atom. The molecule has 7 heteroatoms. The minimum absolute atomic E-state index is 0.131. The highest BCUT2D eigenvalue weighted by molar-refractivity contribution is 7.92. The molecule has 82 valence electrons. The molecule has 0 unspecified atom stereocenters. The summed E-state index contributed by atoms with van der Waals surface area (Å²) in [5.74, 6) is 0.288. The first kappa shape index (κ1) is 10.4. The van der Waals surface area contributed by atoms with Crippen LogP contribution in [-0.2, 0) is 10.0 Å². The number of sulfonamides is 1. The normalized spacial score (nSPS) is 17.9. The molecule has 0 aliphatic carbocycles. The average molecular weight is 245 g/mol. The zero-order valence-electron chi connectivity index (χ0n) is 8.31. The Balaban J connectivity index is 2.39. The van der Waals surface area contributed by atoms with Gasteiger partial charge in [-0.05, 0) is 25.3 Å². The van der Waals surface area contributed by atoms with E-state index in [2.05, 4.69) is 15.0 Å². The van der Waals surface area contributed by atoms with Crippen LogP contribution in [0.1, 0.15) is 13.8 Å². The number of fused-ring (bicyclic) bond motifs is 1. The third-order valence-electron chi connectivity index (χ3n) is 1.75. The highest BCUT2D eigenvalue weighted by Gasteiger charge is 2.26. The second-order valence-electron chi connectivity index (χ2n) is 3.46. The fraction of sp³-hybridized carbons (Fsp3) is 0.375. The number of hydrogen-bond acceptors (Lipinski definition) is 5. The lowest BCUT2D eigenvalue weighted by atomic mass is 10.4. The maximum absolute atomic E-state index is 11.7. The van der Waals surface area contributed by atoms with Gasteiger partial charge in [-0.3, -0.25) is 0 Å². The molecule has 0 radical (unpaired) electrons. The SMILES string of the molecule is CC(C)NC1=NS(=O)(=O)c2sccc2N1. The Morgan fingerprint density at radius 2 is 2.27 bits per heavy atom. The number of thiophene rings is 1. The molecule has 0 amide bonds. The van der Waals surface area contributed by atoms with Gasteiger partial charge in [-0.2, -0.15) is 8.42 Å². The number of nitrogens with one attached hydrogen (secondary N) is 2. The summed E-state index contributed by atoms with van der Waals surface area (Å²) in [6.07, 6.45) is 0. The summed E-state index contributed by atoms with van der Waals surface area (Å²) in [7, 11) is -3.51. The largest absolute Gasteiger partial charge is 0.353 e. The molecule has 0 atom stereocenters. The van der Waals surface area contributed by atoms with E-state index in [9.17, 15) is 8.42 Å². The van der Waals surface area contributed by atoms with Gasteiger partial charge in [0.05, 0.1) is 5.69 Å². The topological polar surface area (TPSA) is 70.6 Å². The van der Waals surface area contributed by atoms with Crippen molar-refractivity contribution in [3.05, 3.63) is 11.4 Å². The van der Waals surface area contributed by atoms with Gasteiger partial charge in [-0.1, -0.05) is 0 Å². The van der Waals surface area contributed by atoms with Crippen molar-refractivity contribution in [1.29, 1.82) is 0 Å². The maximum atomic E-state index is 11.7. The fourth-order valence-electron chi connectivity index (χ4n) is 1.24. The summed E-state index contributed by atoms with van der Waals surface area (Å²) in [6, 6.07) is 1.86. The van der Waals surface area contributed by atoms with Crippen LogP contribution in [0.2, 0.25) is 0 Å². The third kappa shape index (κ3) is 1.98. The molecule has 0 fully saturated rings. The summed E-state index contributed by atoms with van der Waals surface area (Å²) >= 11 is 1.17. The van der Waals surface area contributed by atoms with Crippen LogP contribution in [0.15, 0.2) is 20.1 Å². The van der Waals surface area contributed by atoms with E-state index >= 15 is 0 Å². The monoisotopic (exact) mass is 245 g/mol. The average Bonchev–Trinajstić information content (AvgIpc) is 2.49. The van der Waals surface area contributed by atoms with Gasteiger partial charge in [-0.15, -0.1) is 15.7 Å². The zero-order chi connectivity index (χ0) is 11.1. The second-order valence-corrected chi connectivity index (χ2v) is 6.18. The molecule has 2 rings (SSSR count). The summed E-state index contributed by atoms with van der Waals surface area (Å²) in [4.78, 5) is 0. The highest BCUT2D eigenvalue weighted by atomic mass is 32.2. The molecule has 1 aliphatic heterocycles. The highest BCUT2D eigenvalue weighted by Crippen LogP contribution is 2.31. The summed E-state index contributed by atoms with van der Waals surface area (Å²) in [5, 5.41) is 7.59. The van der Waals surface area contributed by atoms with Crippen molar-refractivity contribution in [2.45, 2.75) is 24.1 Å². The first-order valence-corrected chi connectivity index (χ1v) is 6.77. The van der Waals surface area contributed by atoms with E-state index in [1.54, 1.807) is 11.4 Å². The van der Waals surface area contributed by atoms with Gasteiger partial charge in [0.2, 0.25) is 5.96 Å². The molecule has 5 nitrogen and oxygen atoms in total. The number of anilines is 1. The van der Waals surface area contributed by atoms with Crippen molar-refractivity contribution in [2.24, 2.45) is 4.40 Å². The molecular weight excluding hydrogens is 234 g/mol. The molecule has 2 N–H and O–H groups in total. The van der Waals surface area contributed by atoms with E-state index in [1.807, 2.05) is 13.8 Å². The molecule has 0 saturated heterocycles. The lowest BCUT2D eigenvalue weighted by molar-refractivity contribution is 0.599. The Kier molecular flexibility index (Phi) is 2.43. The van der Waals surface area contributed by atoms with Crippen LogP contribution in [0.5, 0.6) is 0 Å². The maximum Gasteiger partial charge on any atom is 0.297 e. The van der Waals surface area contributed by atoms with Crippen molar-refractivity contribution in [3.63, 3.8) is 0 Å². The van der Waals surface area contributed by atoms with E-state index < -0.39 is 10.0 Å². The molecule has 1 aromatic heterocycles. The summed E-state index contributed by atoms with van der Waals surface area (Å²) in [6.45, 7) is 3.83. The lowest BCUT2D eigenvalue weighted by Gasteiger charge is -2.17. The molecule has 1 aromatic rings. The van der Waals surface area contributed by atoms with Crippen LogP contribution in [0, 0.1) is 0 Å². The van der Waals surface area contributed by atoms with E-state index in [0.29, 0.717) is 5.69 Å². The van der Waals surface area contributed by atoms with Crippen molar-refractivity contribution in [3.8, 4) is 0 Å². The molecule has 1 aliphatic rings. The van der Waals surface area contributed by atoms with Crippen molar-refractivity contribution >= 4 is 33.0 Å². The summed E-state index contributed by atoms with van der Waals surface area (Å²) in [5.41, 5.74) is 0.596. The molecular formula is C8H11N3O2S2. The van der Waals surface area contributed by atoms with Crippen molar-refractivity contribution in [1.82, 2.24) is 5.32 Å². The molecule has 15 heavy (non-hydrogen) atoms. The Morgan fingerprint density at radius 1 is 1.53 bits per heavy atom. The first-order valence-electron chi connectivity index (χ1n) is 4.45. The molecule has 0 saturated carbocycles. The van der Waals surface area contributed by atoms with E-state index in [1.165, 1.54) is 11.3 Å². The van der Waals surface area contributed by atoms with Gasteiger partial charge in [0.15, 0.2) is 4.21 Å². The van der Waals surface area contributed by atoms with E-state index in [-0.39, 0.29) is 16.2 Å². The molecule has 0 bridgehead atoms. The minimum Gasteiger partial charge on any atom is -0.353 e. The molecule has 0 spiro atoms. The number of hydrogen-bond donors (Lipinski definition) is 2. The van der Waals surface area contributed by atoms with Gasteiger partial charge in [0.25, 0.3) is 10.0 Å². The van der Waals surface area contributed by atoms with Gasteiger partial charge in [0.1, 0.15) is 0 Å². The number of rotatable bonds is 1. The Labute approximate surface area is 92.3 Å². The number of guanidine groups is 1. The van der Waals surface area contributed by atoms with Crippen LogP contribution >= 0.6 is 11.3 Å². The predicted molar refractivity (Wildman–Crippen MR) is 60.8 cm³/mol. The Bertz CT molecular complexity index is 502. The standard InChI is InChI=1S/C8H11N3O2S2/c1-5(2)9-8-10-6-3-4-14-7(6)15(12,13)11-8/h3-5H,1-2H3,(H2,9,10,11). The van der Waals surface area contributed by atoms with Gasteiger partial charge >= 0.3 is 0 Å². The second kappa shape index (κ2) is 3.49. The first-order chi connectivity index (χ1) is 6.99. The fourth-order valence-corrected chi connectivity index (χ4v) is 3.39. The molecule has 2 heterocycles. The summed E-state index contributed by atoms with van der Waals surface area (Å²) < 4.78 is 27.3. The van der Waals surface area contributed by atoms with Crippen molar-refractivity contribution in [2.75, 3.05) is 5.32 Å². The van der Waals surface area contributed by atoms with Crippen LogP contribution in [0.4, 0.5) is 5.69 Å².